The molecule has 2 aliphatic rings. The van der Waals surface area contributed by atoms with E-state index in [9.17, 15) is 23.6 Å². The van der Waals surface area contributed by atoms with Crippen LogP contribution >= 0.6 is 11.6 Å². The number of halogens is 2. The Labute approximate surface area is 238 Å². The number of anilines is 2. The maximum absolute atomic E-state index is 14.4. The summed E-state index contributed by atoms with van der Waals surface area (Å²) >= 11 is 6.07. The lowest BCUT2D eigenvalue weighted by Gasteiger charge is -2.37. The van der Waals surface area contributed by atoms with Crippen molar-refractivity contribution in [1.29, 1.82) is 0 Å². The number of imidazole rings is 1. The Morgan fingerprint density at radius 3 is 2.29 bits per heavy atom. The average molecular weight is 580 g/mol. The Bertz CT molecular complexity index is 1810. The highest BCUT2D eigenvalue weighted by Gasteiger charge is 2.44. The predicted octanol–water partition coefficient (Wildman–Crippen LogP) is 1.73. The molecule has 1 unspecified atom stereocenters. The van der Waals surface area contributed by atoms with Gasteiger partial charge in [0, 0.05) is 45.3 Å². The summed E-state index contributed by atoms with van der Waals surface area (Å²) in [6.07, 6.45) is -0.0274. The van der Waals surface area contributed by atoms with E-state index in [0.29, 0.717) is 49.2 Å². The third kappa shape index (κ3) is 4.52. The largest absolute Gasteiger partial charge is 0.340 e. The molecule has 2 amide bonds. The smallest absolute Gasteiger partial charge is 0.332 e. The van der Waals surface area contributed by atoms with Gasteiger partial charge in [0.05, 0.1) is 24.7 Å². The van der Waals surface area contributed by atoms with E-state index >= 15 is 0 Å². The SMILES string of the molecule is Cn1c(=O)c2c(nc(N3CCN(C4CC(=O)N(c5ccccc5F)C4=O)CC3)n2Cc2ccc(Cl)cc2)n(C)c1=O. The number of nitrogens with zero attached hydrogens (tertiary/aromatic N) is 7. The number of rotatable bonds is 5. The number of carbonyl (C=O) groups excluding carboxylic acids is 2. The number of fused-ring (bicyclic) bond motifs is 1. The molecule has 41 heavy (non-hydrogen) atoms. The summed E-state index contributed by atoms with van der Waals surface area (Å²) in [6.45, 7) is 2.11. The zero-order chi connectivity index (χ0) is 29.0. The molecule has 11 nitrogen and oxygen atoms in total. The van der Waals surface area contributed by atoms with Crippen LogP contribution in [0.2, 0.25) is 5.02 Å². The van der Waals surface area contributed by atoms with Gasteiger partial charge in [-0.05, 0) is 29.8 Å². The number of para-hydroxylation sites is 1. The topological polar surface area (TPSA) is 106 Å². The molecule has 0 spiro atoms. The molecule has 4 heterocycles. The fourth-order valence-corrected chi connectivity index (χ4v) is 5.75. The average Bonchev–Trinajstić information content (AvgIpc) is 3.49. The molecule has 4 aromatic rings. The van der Waals surface area contributed by atoms with E-state index in [2.05, 4.69) is 0 Å². The summed E-state index contributed by atoms with van der Waals surface area (Å²) in [4.78, 5) is 61.5. The minimum Gasteiger partial charge on any atom is -0.340 e. The van der Waals surface area contributed by atoms with Gasteiger partial charge in [-0.1, -0.05) is 35.9 Å². The zero-order valence-electron chi connectivity index (χ0n) is 22.5. The predicted molar refractivity (Wildman–Crippen MR) is 152 cm³/mol. The molecule has 0 radical (unpaired) electrons. The third-order valence-corrected chi connectivity index (χ3v) is 8.09. The highest BCUT2D eigenvalue weighted by atomic mass is 35.5. The minimum absolute atomic E-state index is 0.0274. The maximum Gasteiger partial charge on any atom is 0.332 e. The summed E-state index contributed by atoms with van der Waals surface area (Å²) in [7, 11) is 3.02. The Morgan fingerprint density at radius 1 is 0.927 bits per heavy atom. The number of imide groups is 1. The number of amides is 2. The lowest BCUT2D eigenvalue weighted by Crippen LogP contribution is -2.53. The molecule has 212 valence electrons. The summed E-state index contributed by atoms with van der Waals surface area (Å²) in [5.74, 6) is -0.981. The lowest BCUT2D eigenvalue weighted by atomic mass is 10.1. The van der Waals surface area contributed by atoms with Gasteiger partial charge in [-0.15, -0.1) is 0 Å². The molecule has 2 fully saturated rings. The molecule has 2 aromatic carbocycles. The van der Waals surface area contributed by atoms with Gasteiger partial charge in [-0.2, -0.15) is 4.98 Å². The van der Waals surface area contributed by atoms with Gasteiger partial charge in [0.2, 0.25) is 11.9 Å². The number of aromatic nitrogens is 4. The molecular formula is C28H27ClFN7O4. The summed E-state index contributed by atoms with van der Waals surface area (Å²) < 4.78 is 18.6. The van der Waals surface area contributed by atoms with Crippen molar-refractivity contribution in [3.8, 4) is 0 Å². The van der Waals surface area contributed by atoms with Gasteiger partial charge in [0.25, 0.3) is 11.5 Å². The highest BCUT2D eigenvalue weighted by Crippen LogP contribution is 2.29. The van der Waals surface area contributed by atoms with Crippen molar-refractivity contribution >= 4 is 46.2 Å². The maximum atomic E-state index is 14.4. The van der Waals surface area contributed by atoms with E-state index in [-0.39, 0.29) is 17.8 Å². The van der Waals surface area contributed by atoms with Crippen molar-refractivity contribution in [1.82, 2.24) is 23.6 Å². The van der Waals surface area contributed by atoms with Crippen LogP contribution in [0.1, 0.15) is 12.0 Å². The van der Waals surface area contributed by atoms with Crippen molar-refractivity contribution in [3.05, 3.63) is 85.8 Å². The normalized spacial score (nSPS) is 18.2. The molecule has 0 N–H and O–H groups in total. The summed E-state index contributed by atoms with van der Waals surface area (Å²) in [5, 5.41) is 0.590. The van der Waals surface area contributed by atoms with Crippen LogP contribution in [-0.2, 0) is 30.2 Å². The molecule has 0 bridgehead atoms. The van der Waals surface area contributed by atoms with Gasteiger partial charge in [-0.25, -0.2) is 14.1 Å². The van der Waals surface area contributed by atoms with E-state index in [1.807, 2.05) is 21.9 Å². The molecule has 2 aromatic heterocycles. The second kappa shape index (κ2) is 10.3. The second-order valence-corrected chi connectivity index (χ2v) is 10.7. The van der Waals surface area contributed by atoms with Crippen molar-refractivity contribution in [2.24, 2.45) is 14.1 Å². The molecule has 1 atom stereocenters. The third-order valence-electron chi connectivity index (χ3n) is 7.84. The van der Waals surface area contributed by atoms with Gasteiger partial charge < -0.3 is 4.90 Å². The number of hydrogen-bond donors (Lipinski definition) is 0. The highest BCUT2D eigenvalue weighted by molar-refractivity contribution is 6.30. The minimum atomic E-state index is -0.690. The van der Waals surface area contributed by atoms with Crippen LogP contribution in [0.4, 0.5) is 16.0 Å². The first kappa shape index (κ1) is 26.9. The van der Waals surface area contributed by atoms with E-state index < -0.39 is 34.9 Å². The fraction of sp³-hybridized carbons (Fsp3) is 0.321. The zero-order valence-corrected chi connectivity index (χ0v) is 23.2. The van der Waals surface area contributed by atoms with Crippen LogP contribution in [-0.4, -0.2) is 67.6 Å². The number of piperazine rings is 1. The summed E-state index contributed by atoms with van der Waals surface area (Å²) in [5.41, 5.74) is 0.525. The van der Waals surface area contributed by atoms with Crippen molar-refractivity contribution in [3.63, 3.8) is 0 Å². The number of carbonyl (C=O) groups is 2. The van der Waals surface area contributed by atoms with Crippen LogP contribution in [0.3, 0.4) is 0 Å². The number of aryl methyl sites for hydroxylation is 1. The number of benzene rings is 2. The second-order valence-electron chi connectivity index (χ2n) is 10.3. The molecule has 13 heteroatoms. The lowest BCUT2D eigenvalue weighted by molar-refractivity contribution is -0.123. The van der Waals surface area contributed by atoms with Gasteiger partial charge >= 0.3 is 5.69 Å². The Balaban J connectivity index is 1.30. The van der Waals surface area contributed by atoms with Crippen molar-refractivity contribution in [2.75, 3.05) is 36.0 Å². The first-order chi connectivity index (χ1) is 19.7. The van der Waals surface area contributed by atoms with Crippen LogP contribution < -0.4 is 21.0 Å². The van der Waals surface area contributed by atoms with E-state index in [1.54, 1.807) is 29.8 Å². The van der Waals surface area contributed by atoms with Gasteiger partial charge in [0.15, 0.2) is 11.2 Å². The molecule has 2 saturated heterocycles. The van der Waals surface area contributed by atoms with Crippen LogP contribution in [0.5, 0.6) is 0 Å². The first-order valence-electron chi connectivity index (χ1n) is 13.2. The molecule has 0 aliphatic carbocycles. The van der Waals surface area contributed by atoms with E-state index in [4.69, 9.17) is 16.6 Å². The number of hydrogen-bond acceptors (Lipinski definition) is 7. The Hall–Kier alpha value is -4.29. The molecule has 6 rings (SSSR count). The van der Waals surface area contributed by atoms with Crippen molar-refractivity contribution in [2.45, 2.75) is 19.0 Å². The molecule has 2 aliphatic heterocycles. The van der Waals surface area contributed by atoms with Gasteiger partial charge in [-0.3, -0.25) is 33.0 Å². The van der Waals surface area contributed by atoms with E-state index in [0.717, 1.165) is 15.0 Å². The van der Waals surface area contributed by atoms with Crippen LogP contribution in [0.25, 0.3) is 11.2 Å². The quantitative estimate of drug-likeness (QED) is 0.332. The van der Waals surface area contributed by atoms with Crippen LogP contribution in [0.15, 0.2) is 58.1 Å². The fourth-order valence-electron chi connectivity index (χ4n) is 5.62. The molecule has 0 saturated carbocycles. The van der Waals surface area contributed by atoms with Crippen LogP contribution in [0, 0.1) is 5.82 Å². The Kier molecular flexibility index (Phi) is 6.74. The first-order valence-corrected chi connectivity index (χ1v) is 13.5. The Morgan fingerprint density at radius 2 is 1.61 bits per heavy atom. The molecular weight excluding hydrogens is 553 g/mol. The standard InChI is InChI=1S/C28H27ClFN7O4/c1-32-24-23(26(40)33(2)28(32)41)36(16-17-7-9-18(29)10-8-17)27(31-24)35-13-11-34(12-14-35)21-15-22(38)37(25(21)39)20-6-4-3-5-19(20)30/h3-10,21H,11-16H2,1-2H3. The van der Waals surface area contributed by atoms with E-state index in [1.165, 1.54) is 29.8 Å². The van der Waals surface area contributed by atoms with Gasteiger partial charge in [0.1, 0.15) is 5.82 Å². The summed E-state index contributed by atoms with van der Waals surface area (Å²) in [6, 6.07) is 12.3. The monoisotopic (exact) mass is 579 g/mol. The van der Waals surface area contributed by atoms with Crippen molar-refractivity contribution < 1.29 is 14.0 Å².